The molecule has 1 aromatic heterocycles. The molecule has 0 saturated carbocycles. The van der Waals surface area contributed by atoms with Gasteiger partial charge in [-0.25, -0.2) is 9.78 Å². The highest BCUT2D eigenvalue weighted by atomic mass is 32.1. The number of hydrogen-bond acceptors (Lipinski definition) is 7. The summed E-state index contributed by atoms with van der Waals surface area (Å²) in [5, 5.41) is 10.3. The number of carbonyl (C=O) groups excluding carboxylic acids is 1. The van der Waals surface area contributed by atoms with Crippen LogP contribution in [-0.4, -0.2) is 89.0 Å². The summed E-state index contributed by atoms with van der Waals surface area (Å²) in [5.41, 5.74) is -0.221. The molecule has 0 radical (unpaired) electrons. The molecule has 3 saturated heterocycles. The van der Waals surface area contributed by atoms with Crippen LogP contribution in [0.3, 0.4) is 0 Å². The van der Waals surface area contributed by atoms with Gasteiger partial charge in [-0.05, 0) is 19.3 Å². The van der Waals surface area contributed by atoms with Crippen molar-refractivity contribution in [1.29, 1.82) is 0 Å². The summed E-state index contributed by atoms with van der Waals surface area (Å²) in [6, 6.07) is 0. The maximum atomic E-state index is 11.8. The predicted octanol–water partition coefficient (Wildman–Crippen LogP) is 2.15. The van der Waals surface area contributed by atoms with Crippen molar-refractivity contribution in [3.05, 3.63) is 16.6 Å². The molecule has 1 aromatic rings. The fourth-order valence-electron chi connectivity index (χ4n) is 4.03. The lowest BCUT2D eigenvalue weighted by atomic mass is 10.00. The van der Waals surface area contributed by atoms with E-state index in [1.165, 1.54) is 0 Å². The third-order valence-electron chi connectivity index (χ3n) is 5.45. The molecule has 0 aliphatic carbocycles. The van der Waals surface area contributed by atoms with Gasteiger partial charge in [0.2, 0.25) is 5.91 Å². The molecular formula is C19H26F3N3O5S. The second-order valence-corrected chi connectivity index (χ2v) is 8.88. The number of carboxylic acid groups (broad SMARTS) is 1. The molecular weight excluding hydrogens is 439 g/mol. The van der Waals surface area contributed by atoms with Crippen LogP contribution in [0.1, 0.15) is 30.7 Å². The van der Waals surface area contributed by atoms with E-state index < -0.39 is 12.1 Å². The number of likely N-dealkylation sites (tertiary alicyclic amines) is 1. The van der Waals surface area contributed by atoms with Gasteiger partial charge in [0, 0.05) is 44.2 Å². The van der Waals surface area contributed by atoms with Gasteiger partial charge in [-0.3, -0.25) is 9.69 Å². The van der Waals surface area contributed by atoms with E-state index in [0.717, 1.165) is 63.6 Å². The number of aromatic nitrogens is 1. The van der Waals surface area contributed by atoms with Crippen molar-refractivity contribution in [3.63, 3.8) is 0 Å². The SMILES string of the molecule is O=C(O)C(F)(F)F.O=C1CCCN1CC1CCC2(COCCN(Cc3nccs3)C2)O1. The Balaban J connectivity index is 0.000000339. The van der Waals surface area contributed by atoms with Gasteiger partial charge in [-0.15, -0.1) is 11.3 Å². The number of alkyl halides is 3. The maximum Gasteiger partial charge on any atom is 0.490 e. The summed E-state index contributed by atoms with van der Waals surface area (Å²) >= 11 is 1.70. The maximum absolute atomic E-state index is 11.8. The number of thiazole rings is 1. The van der Waals surface area contributed by atoms with Crippen molar-refractivity contribution in [3.8, 4) is 0 Å². The minimum absolute atomic E-state index is 0.149. The lowest BCUT2D eigenvalue weighted by Crippen LogP contribution is -2.45. The fourth-order valence-corrected chi connectivity index (χ4v) is 4.69. The van der Waals surface area contributed by atoms with Gasteiger partial charge in [0.15, 0.2) is 0 Å². The molecule has 3 fully saturated rings. The van der Waals surface area contributed by atoms with Gasteiger partial charge in [-0.1, -0.05) is 0 Å². The van der Waals surface area contributed by atoms with Gasteiger partial charge in [0.25, 0.3) is 0 Å². The number of hydrogen-bond donors (Lipinski definition) is 1. The topological polar surface area (TPSA) is 92.2 Å². The average Bonchev–Trinajstić information content (AvgIpc) is 3.39. The average molecular weight is 465 g/mol. The van der Waals surface area contributed by atoms with Gasteiger partial charge in [0.1, 0.15) is 10.6 Å². The predicted molar refractivity (Wildman–Crippen MR) is 105 cm³/mol. The van der Waals surface area contributed by atoms with Crippen LogP contribution in [0.15, 0.2) is 11.6 Å². The van der Waals surface area contributed by atoms with E-state index in [4.69, 9.17) is 19.4 Å². The normalized spacial score (nSPS) is 27.3. The van der Waals surface area contributed by atoms with Gasteiger partial charge < -0.3 is 19.5 Å². The van der Waals surface area contributed by atoms with Crippen molar-refractivity contribution in [2.24, 2.45) is 0 Å². The van der Waals surface area contributed by atoms with Crippen molar-refractivity contribution in [2.45, 2.75) is 50.1 Å². The van der Waals surface area contributed by atoms with E-state index in [0.29, 0.717) is 13.0 Å². The Bertz CT molecular complexity index is 749. The molecule has 3 aliphatic heterocycles. The van der Waals surface area contributed by atoms with Crippen LogP contribution in [0.25, 0.3) is 0 Å². The highest BCUT2D eigenvalue weighted by molar-refractivity contribution is 7.09. The molecule has 4 rings (SSSR count). The number of carbonyl (C=O) groups is 2. The Morgan fingerprint density at radius 1 is 1.39 bits per heavy atom. The minimum Gasteiger partial charge on any atom is -0.475 e. The van der Waals surface area contributed by atoms with Crippen molar-refractivity contribution < 1.29 is 37.3 Å². The van der Waals surface area contributed by atoms with E-state index in [1.54, 1.807) is 11.3 Å². The molecule has 1 amide bonds. The number of amides is 1. The molecule has 12 heteroatoms. The van der Waals surface area contributed by atoms with Gasteiger partial charge in [-0.2, -0.15) is 13.2 Å². The summed E-state index contributed by atoms with van der Waals surface area (Å²) in [6.07, 6.45) is 0.630. The lowest BCUT2D eigenvalue weighted by molar-refractivity contribution is -0.192. The highest BCUT2D eigenvalue weighted by Gasteiger charge is 2.44. The molecule has 174 valence electrons. The number of ether oxygens (including phenoxy) is 2. The van der Waals surface area contributed by atoms with E-state index in [2.05, 4.69) is 9.88 Å². The Morgan fingerprint density at radius 2 is 2.16 bits per heavy atom. The van der Waals surface area contributed by atoms with Gasteiger partial charge in [0.05, 0.1) is 25.9 Å². The molecule has 1 N–H and O–H groups in total. The standard InChI is InChI=1S/C17H25N3O3S.C2HF3O2/c21-16-2-1-6-20(16)10-14-3-4-17(23-14)12-19(7-8-22-13-17)11-15-18-5-9-24-15;3-2(4,5)1(6)7/h5,9,14H,1-4,6-8,10-13H2;(H,6,7). The number of halogens is 3. The van der Waals surface area contributed by atoms with Crippen LogP contribution in [0.4, 0.5) is 13.2 Å². The third kappa shape index (κ3) is 6.86. The molecule has 0 aromatic carbocycles. The van der Waals surface area contributed by atoms with Crippen molar-refractivity contribution in [2.75, 3.05) is 39.4 Å². The molecule has 2 unspecified atom stereocenters. The second-order valence-electron chi connectivity index (χ2n) is 7.90. The number of rotatable bonds is 4. The first-order valence-corrected chi connectivity index (χ1v) is 11.0. The Kier molecular flexibility index (Phi) is 7.89. The second kappa shape index (κ2) is 10.2. The van der Waals surface area contributed by atoms with Crippen molar-refractivity contribution in [1.82, 2.24) is 14.8 Å². The first kappa shape index (κ1) is 23.9. The smallest absolute Gasteiger partial charge is 0.475 e. The fraction of sp³-hybridized carbons (Fsp3) is 0.737. The quantitative estimate of drug-likeness (QED) is 0.729. The van der Waals surface area contributed by atoms with E-state index in [-0.39, 0.29) is 17.6 Å². The summed E-state index contributed by atoms with van der Waals surface area (Å²) < 4.78 is 44.0. The lowest BCUT2D eigenvalue weighted by Gasteiger charge is -2.32. The first-order valence-electron chi connectivity index (χ1n) is 10.1. The van der Waals surface area contributed by atoms with Crippen molar-refractivity contribution >= 4 is 23.2 Å². The summed E-state index contributed by atoms with van der Waals surface area (Å²) in [7, 11) is 0. The highest BCUT2D eigenvalue weighted by Crippen LogP contribution is 2.34. The third-order valence-corrected chi connectivity index (χ3v) is 6.21. The monoisotopic (exact) mass is 465 g/mol. The van der Waals surface area contributed by atoms with Gasteiger partial charge >= 0.3 is 12.1 Å². The number of carboxylic acids is 1. The van der Waals surface area contributed by atoms with E-state index in [9.17, 15) is 18.0 Å². The molecule has 8 nitrogen and oxygen atoms in total. The Hall–Kier alpha value is -1.76. The molecule has 31 heavy (non-hydrogen) atoms. The number of nitrogens with zero attached hydrogens (tertiary/aromatic N) is 3. The molecule has 4 heterocycles. The zero-order chi connectivity index (χ0) is 22.5. The Labute approximate surface area is 181 Å². The van der Waals surface area contributed by atoms with Crippen LogP contribution in [0, 0.1) is 0 Å². The number of aliphatic carboxylic acids is 1. The molecule has 0 bridgehead atoms. The van der Waals surface area contributed by atoms with Crippen LogP contribution in [0.5, 0.6) is 0 Å². The Morgan fingerprint density at radius 3 is 2.77 bits per heavy atom. The van der Waals surface area contributed by atoms with Crippen LogP contribution in [0.2, 0.25) is 0 Å². The summed E-state index contributed by atoms with van der Waals surface area (Å²) in [6.45, 7) is 5.70. The zero-order valence-corrected chi connectivity index (χ0v) is 17.8. The van der Waals surface area contributed by atoms with E-state index in [1.807, 2.05) is 16.5 Å². The molecule has 1 spiro atoms. The summed E-state index contributed by atoms with van der Waals surface area (Å²) in [5.74, 6) is -2.48. The first-order chi connectivity index (χ1) is 14.7. The van der Waals surface area contributed by atoms with Crippen LogP contribution < -0.4 is 0 Å². The molecule has 2 atom stereocenters. The largest absolute Gasteiger partial charge is 0.490 e. The van der Waals surface area contributed by atoms with E-state index >= 15 is 0 Å². The molecule has 3 aliphatic rings. The van der Waals surface area contributed by atoms with Crippen LogP contribution in [-0.2, 0) is 25.6 Å². The zero-order valence-electron chi connectivity index (χ0n) is 17.0. The minimum atomic E-state index is -5.08. The van der Waals surface area contributed by atoms with Crippen LogP contribution >= 0.6 is 11.3 Å². The summed E-state index contributed by atoms with van der Waals surface area (Å²) in [4.78, 5) is 29.5.